The third kappa shape index (κ3) is 5.57. The van der Waals surface area contributed by atoms with Crippen LogP contribution in [0.25, 0.3) is 11.3 Å². The SMILES string of the molecule is CCCOc1ccc(-c2csc(NC(=O)CCc3ccc(OC)cc3)n2)cc1. The van der Waals surface area contributed by atoms with Crippen molar-refractivity contribution in [2.45, 2.75) is 26.2 Å². The molecular weight excluding hydrogens is 372 g/mol. The Kier molecular flexibility index (Phi) is 7.03. The van der Waals surface area contributed by atoms with Crippen molar-refractivity contribution >= 4 is 22.4 Å². The number of thiazole rings is 1. The predicted molar refractivity (Wildman–Crippen MR) is 113 cm³/mol. The number of nitrogens with zero attached hydrogens (tertiary/aromatic N) is 1. The lowest BCUT2D eigenvalue weighted by atomic mass is 10.1. The fourth-order valence-corrected chi connectivity index (χ4v) is 3.37. The standard InChI is InChI=1S/C22H24N2O3S/c1-3-14-27-19-11-7-17(8-12-19)20-15-28-22(23-20)24-21(25)13-6-16-4-9-18(26-2)10-5-16/h4-5,7-12,15H,3,6,13-14H2,1-2H3,(H,23,24,25). The van der Waals surface area contributed by atoms with Gasteiger partial charge in [0, 0.05) is 17.4 Å². The van der Waals surface area contributed by atoms with Gasteiger partial charge < -0.3 is 14.8 Å². The van der Waals surface area contributed by atoms with E-state index in [1.54, 1.807) is 7.11 Å². The molecule has 0 atom stereocenters. The number of hydrogen-bond donors (Lipinski definition) is 1. The van der Waals surface area contributed by atoms with Crippen LogP contribution in [-0.2, 0) is 11.2 Å². The highest BCUT2D eigenvalue weighted by molar-refractivity contribution is 7.14. The molecule has 1 heterocycles. The number of benzene rings is 2. The molecule has 0 bridgehead atoms. The lowest BCUT2D eigenvalue weighted by molar-refractivity contribution is -0.116. The number of carbonyl (C=O) groups is 1. The van der Waals surface area contributed by atoms with Crippen LogP contribution in [0, 0.1) is 0 Å². The van der Waals surface area contributed by atoms with Crippen LogP contribution in [0.1, 0.15) is 25.3 Å². The Morgan fingerprint density at radius 1 is 1.07 bits per heavy atom. The van der Waals surface area contributed by atoms with E-state index < -0.39 is 0 Å². The summed E-state index contributed by atoms with van der Waals surface area (Å²) in [6.07, 6.45) is 2.06. The first-order chi connectivity index (χ1) is 13.7. The lowest BCUT2D eigenvalue weighted by Gasteiger charge is -2.05. The second kappa shape index (κ2) is 9.90. The molecule has 3 rings (SSSR count). The molecule has 0 saturated heterocycles. The number of carbonyl (C=O) groups excluding carboxylic acids is 1. The van der Waals surface area contributed by atoms with Crippen molar-refractivity contribution in [1.29, 1.82) is 0 Å². The minimum atomic E-state index is -0.0416. The maximum absolute atomic E-state index is 12.2. The predicted octanol–water partition coefficient (Wildman–Crippen LogP) is 5.18. The van der Waals surface area contributed by atoms with Gasteiger partial charge in [0.1, 0.15) is 11.5 Å². The zero-order valence-corrected chi connectivity index (χ0v) is 16.9. The summed E-state index contributed by atoms with van der Waals surface area (Å²) >= 11 is 1.43. The summed E-state index contributed by atoms with van der Waals surface area (Å²) in [6, 6.07) is 15.6. The molecule has 2 aromatic carbocycles. The maximum Gasteiger partial charge on any atom is 0.226 e. The van der Waals surface area contributed by atoms with Gasteiger partial charge in [-0.2, -0.15) is 0 Å². The molecule has 6 heteroatoms. The fraction of sp³-hybridized carbons (Fsp3) is 0.273. The molecule has 146 valence electrons. The number of anilines is 1. The first-order valence-electron chi connectivity index (χ1n) is 9.29. The van der Waals surface area contributed by atoms with Gasteiger partial charge in [-0.05, 0) is 54.8 Å². The molecule has 0 aliphatic heterocycles. The van der Waals surface area contributed by atoms with Crippen molar-refractivity contribution in [3.8, 4) is 22.8 Å². The van der Waals surface area contributed by atoms with E-state index in [-0.39, 0.29) is 5.91 Å². The average Bonchev–Trinajstić information content (AvgIpc) is 3.20. The molecule has 0 unspecified atom stereocenters. The third-order valence-corrected chi connectivity index (χ3v) is 4.93. The van der Waals surface area contributed by atoms with E-state index in [1.807, 2.05) is 53.9 Å². The average molecular weight is 397 g/mol. The van der Waals surface area contributed by atoms with Crippen LogP contribution in [0.5, 0.6) is 11.5 Å². The zero-order chi connectivity index (χ0) is 19.8. The highest BCUT2D eigenvalue weighted by Gasteiger charge is 2.09. The Labute approximate surface area is 169 Å². The smallest absolute Gasteiger partial charge is 0.226 e. The number of hydrogen-bond acceptors (Lipinski definition) is 5. The van der Waals surface area contributed by atoms with Crippen LogP contribution < -0.4 is 14.8 Å². The normalized spacial score (nSPS) is 10.5. The second-order valence-electron chi connectivity index (χ2n) is 6.31. The molecule has 0 radical (unpaired) electrons. The number of aromatic nitrogens is 1. The third-order valence-electron chi connectivity index (χ3n) is 4.17. The van der Waals surface area contributed by atoms with Gasteiger partial charge >= 0.3 is 0 Å². The summed E-state index contributed by atoms with van der Waals surface area (Å²) in [5.41, 5.74) is 2.94. The zero-order valence-electron chi connectivity index (χ0n) is 16.1. The molecule has 1 amide bonds. The molecule has 0 aliphatic carbocycles. The number of aryl methyl sites for hydroxylation is 1. The summed E-state index contributed by atoms with van der Waals surface area (Å²) in [5.74, 6) is 1.63. The Hall–Kier alpha value is -2.86. The largest absolute Gasteiger partial charge is 0.497 e. The Morgan fingerprint density at radius 2 is 1.79 bits per heavy atom. The van der Waals surface area contributed by atoms with Gasteiger partial charge in [0.05, 0.1) is 19.4 Å². The van der Waals surface area contributed by atoms with Gasteiger partial charge in [-0.25, -0.2) is 4.98 Å². The first-order valence-corrected chi connectivity index (χ1v) is 10.2. The van der Waals surface area contributed by atoms with Crippen molar-refractivity contribution in [3.05, 3.63) is 59.5 Å². The molecule has 0 saturated carbocycles. The van der Waals surface area contributed by atoms with E-state index in [2.05, 4.69) is 17.2 Å². The number of nitrogens with one attached hydrogen (secondary N) is 1. The monoisotopic (exact) mass is 396 g/mol. The molecule has 0 spiro atoms. The minimum Gasteiger partial charge on any atom is -0.497 e. The molecule has 1 aromatic heterocycles. The summed E-state index contributed by atoms with van der Waals surface area (Å²) in [4.78, 5) is 16.7. The molecule has 0 aliphatic rings. The fourth-order valence-electron chi connectivity index (χ4n) is 2.64. The van der Waals surface area contributed by atoms with Crippen LogP contribution in [0.4, 0.5) is 5.13 Å². The number of amides is 1. The van der Waals surface area contributed by atoms with E-state index in [0.717, 1.165) is 34.7 Å². The molecule has 0 fully saturated rings. The second-order valence-corrected chi connectivity index (χ2v) is 7.17. The van der Waals surface area contributed by atoms with E-state index in [4.69, 9.17) is 9.47 Å². The maximum atomic E-state index is 12.2. The lowest BCUT2D eigenvalue weighted by Crippen LogP contribution is -2.12. The topological polar surface area (TPSA) is 60.5 Å². The van der Waals surface area contributed by atoms with Crippen molar-refractivity contribution in [2.24, 2.45) is 0 Å². The summed E-state index contributed by atoms with van der Waals surface area (Å²) in [6.45, 7) is 2.79. The summed E-state index contributed by atoms with van der Waals surface area (Å²) in [7, 11) is 1.64. The molecule has 1 N–H and O–H groups in total. The van der Waals surface area contributed by atoms with Gasteiger partial charge in [0.15, 0.2) is 5.13 Å². The van der Waals surface area contributed by atoms with Crippen LogP contribution in [0.15, 0.2) is 53.9 Å². The van der Waals surface area contributed by atoms with E-state index in [1.165, 1.54) is 11.3 Å². The van der Waals surface area contributed by atoms with E-state index in [0.29, 0.717) is 24.6 Å². The van der Waals surface area contributed by atoms with Gasteiger partial charge in [0.25, 0.3) is 0 Å². The van der Waals surface area contributed by atoms with Crippen LogP contribution in [0.2, 0.25) is 0 Å². The van der Waals surface area contributed by atoms with Gasteiger partial charge in [-0.3, -0.25) is 4.79 Å². The molecule has 28 heavy (non-hydrogen) atoms. The highest BCUT2D eigenvalue weighted by atomic mass is 32.1. The Morgan fingerprint density at radius 3 is 2.46 bits per heavy atom. The van der Waals surface area contributed by atoms with Crippen LogP contribution in [0.3, 0.4) is 0 Å². The Balaban J connectivity index is 1.52. The minimum absolute atomic E-state index is 0.0416. The van der Waals surface area contributed by atoms with Gasteiger partial charge in [0.2, 0.25) is 5.91 Å². The molecule has 3 aromatic rings. The molecule has 5 nitrogen and oxygen atoms in total. The van der Waals surface area contributed by atoms with Gasteiger partial charge in [-0.15, -0.1) is 11.3 Å². The Bertz CT molecular complexity index is 889. The van der Waals surface area contributed by atoms with Crippen molar-refractivity contribution in [1.82, 2.24) is 4.98 Å². The van der Waals surface area contributed by atoms with E-state index >= 15 is 0 Å². The highest BCUT2D eigenvalue weighted by Crippen LogP contribution is 2.26. The quantitative estimate of drug-likeness (QED) is 0.541. The number of methoxy groups -OCH3 is 1. The summed E-state index contributed by atoms with van der Waals surface area (Å²) in [5, 5.41) is 5.44. The van der Waals surface area contributed by atoms with Gasteiger partial charge in [-0.1, -0.05) is 19.1 Å². The van der Waals surface area contributed by atoms with Crippen molar-refractivity contribution in [3.63, 3.8) is 0 Å². The molecular formula is C22H24N2O3S. The van der Waals surface area contributed by atoms with Crippen LogP contribution >= 0.6 is 11.3 Å². The van der Waals surface area contributed by atoms with Crippen molar-refractivity contribution in [2.75, 3.05) is 19.0 Å². The number of rotatable bonds is 9. The van der Waals surface area contributed by atoms with Crippen LogP contribution in [-0.4, -0.2) is 24.6 Å². The number of ether oxygens (including phenoxy) is 2. The van der Waals surface area contributed by atoms with E-state index in [9.17, 15) is 4.79 Å². The first kappa shape index (κ1) is 19.9. The summed E-state index contributed by atoms with van der Waals surface area (Å²) < 4.78 is 10.7. The van der Waals surface area contributed by atoms with Crippen molar-refractivity contribution < 1.29 is 14.3 Å².